The maximum absolute atomic E-state index is 11.0. The smallest absolute Gasteiger partial charge is 0.318 e. The Bertz CT molecular complexity index is 364. The first-order chi connectivity index (χ1) is 7.08. The van der Waals surface area contributed by atoms with Crippen LogP contribution in [0.1, 0.15) is 12.2 Å². The molecule has 1 heterocycles. The van der Waals surface area contributed by atoms with Crippen molar-refractivity contribution in [3.63, 3.8) is 0 Å². The Kier molecular flexibility index (Phi) is 4.10. The van der Waals surface area contributed by atoms with Gasteiger partial charge in [-0.2, -0.15) is 0 Å². The Labute approximate surface area is 90.2 Å². The molecule has 8 heteroatoms. The summed E-state index contributed by atoms with van der Waals surface area (Å²) >= 11 is 1.33. The number of nitrogens with one attached hydrogen (secondary N) is 2. The van der Waals surface area contributed by atoms with E-state index >= 15 is 0 Å². The lowest BCUT2D eigenvalue weighted by molar-refractivity contribution is -0.119. The highest BCUT2D eigenvalue weighted by atomic mass is 32.2. The normalized spacial score (nSPS) is 9.93. The van der Waals surface area contributed by atoms with Crippen molar-refractivity contribution in [2.75, 3.05) is 5.75 Å². The van der Waals surface area contributed by atoms with Crippen LogP contribution in [0, 0.1) is 6.92 Å². The molecule has 0 radical (unpaired) electrons. The van der Waals surface area contributed by atoms with E-state index < -0.39 is 11.9 Å². The number of hydrogen-bond donors (Lipinski definition) is 3. The van der Waals surface area contributed by atoms with Crippen LogP contribution in [0.25, 0.3) is 0 Å². The lowest BCUT2D eigenvalue weighted by Gasteiger charge is -1.98. The van der Waals surface area contributed by atoms with Crippen LogP contribution in [-0.4, -0.2) is 32.9 Å². The number of nitrogens with zero attached hydrogens (tertiary/aromatic N) is 2. The van der Waals surface area contributed by atoms with E-state index in [1.807, 2.05) is 5.32 Å². The van der Waals surface area contributed by atoms with Crippen molar-refractivity contribution < 1.29 is 9.59 Å². The third kappa shape index (κ3) is 4.45. The molecule has 0 aromatic carbocycles. The summed E-state index contributed by atoms with van der Waals surface area (Å²) in [6.45, 7) is 1.79. The Morgan fingerprint density at radius 2 is 2.33 bits per heavy atom. The summed E-state index contributed by atoms with van der Waals surface area (Å²) in [6, 6.07) is -0.835. The van der Waals surface area contributed by atoms with Gasteiger partial charge in [0.1, 0.15) is 5.82 Å². The predicted molar refractivity (Wildman–Crippen MR) is 54.2 cm³/mol. The summed E-state index contributed by atoms with van der Waals surface area (Å²) in [4.78, 5) is 25.3. The lowest BCUT2D eigenvalue weighted by Crippen LogP contribution is -2.35. The Balaban J connectivity index is 2.22. The quantitative estimate of drug-likeness (QED) is 0.618. The van der Waals surface area contributed by atoms with Crippen LogP contribution in [0.15, 0.2) is 5.16 Å². The zero-order valence-electron chi connectivity index (χ0n) is 8.11. The maximum atomic E-state index is 11.0. The number of aromatic amines is 1. The SMILES string of the molecule is Cc1nc(SCCC(=O)NC(N)=O)n[nH]1. The Morgan fingerprint density at radius 1 is 1.60 bits per heavy atom. The highest BCUT2D eigenvalue weighted by molar-refractivity contribution is 7.99. The number of rotatable bonds is 4. The van der Waals surface area contributed by atoms with Crippen molar-refractivity contribution in [1.29, 1.82) is 0 Å². The standard InChI is InChI=1S/C7H11N5O2S/c1-4-9-7(12-11-4)15-3-2-5(13)10-6(8)14/h2-3H2,1H3,(H,9,11,12)(H3,8,10,13,14). The molecule has 4 N–H and O–H groups in total. The van der Waals surface area contributed by atoms with Gasteiger partial charge in [-0.25, -0.2) is 9.78 Å². The van der Waals surface area contributed by atoms with Crippen molar-refractivity contribution in [3.05, 3.63) is 5.82 Å². The van der Waals surface area contributed by atoms with Gasteiger partial charge in [-0.05, 0) is 6.92 Å². The highest BCUT2D eigenvalue weighted by Gasteiger charge is 2.05. The van der Waals surface area contributed by atoms with Gasteiger partial charge in [0.25, 0.3) is 0 Å². The summed E-state index contributed by atoms with van der Waals surface area (Å²) in [7, 11) is 0. The fourth-order valence-electron chi connectivity index (χ4n) is 0.822. The van der Waals surface area contributed by atoms with Crippen molar-refractivity contribution in [1.82, 2.24) is 20.5 Å². The van der Waals surface area contributed by atoms with E-state index in [0.717, 1.165) is 5.82 Å². The molecule has 1 rings (SSSR count). The number of H-pyrrole nitrogens is 1. The number of aromatic nitrogens is 3. The Hall–Kier alpha value is -1.57. The molecule has 0 saturated carbocycles. The van der Waals surface area contributed by atoms with Crippen LogP contribution >= 0.6 is 11.8 Å². The topological polar surface area (TPSA) is 114 Å². The minimum Gasteiger partial charge on any atom is -0.351 e. The van der Waals surface area contributed by atoms with Crippen molar-refractivity contribution in [2.24, 2.45) is 5.73 Å². The minimum absolute atomic E-state index is 0.196. The molecule has 0 aliphatic rings. The van der Waals surface area contributed by atoms with Crippen LogP contribution in [0.5, 0.6) is 0 Å². The molecule has 0 aliphatic heterocycles. The first-order valence-electron chi connectivity index (χ1n) is 4.19. The first kappa shape index (κ1) is 11.5. The van der Waals surface area contributed by atoms with Crippen molar-refractivity contribution in [3.8, 4) is 0 Å². The summed E-state index contributed by atoms with van der Waals surface area (Å²) in [5.41, 5.74) is 4.77. The number of aryl methyl sites for hydroxylation is 1. The van der Waals surface area contributed by atoms with Crippen molar-refractivity contribution in [2.45, 2.75) is 18.5 Å². The average molecular weight is 229 g/mol. The molecule has 0 atom stereocenters. The number of hydrogen-bond acceptors (Lipinski definition) is 5. The zero-order chi connectivity index (χ0) is 11.3. The number of nitrogens with two attached hydrogens (primary N) is 1. The van der Waals surface area contributed by atoms with Crippen LogP contribution in [0.3, 0.4) is 0 Å². The maximum Gasteiger partial charge on any atom is 0.318 e. The van der Waals surface area contributed by atoms with Gasteiger partial charge in [0.05, 0.1) is 0 Å². The first-order valence-corrected chi connectivity index (χ1v) is 5.17. The third-order valence-electron chi connectivity index (χ3n) is 1.40. The van der Waals surface area contributed by atoms with Gasteiger partial charge in [0.15, 0.2) is 0 Å². The molecule has 0 saturated heterocycles. The van der Waals surface area contributed by atoms with Gasteiger partial charge < -0.3 is 5.73 Å². The van der Waals surface area contributed by atoms with Gasteiger partial charge in [-0.15, -0.1) is 5.10 Å². The second-order valence-electron chi connectivity index (χ2n) is 2.71. The van der Waals surface area contributed by atoms with E-state index in [4.69, 9.17) is 5.73 Å². The number of primary amides is 1. The molecule has 82 valence electrons. The number of amides is 3. The zero-order valence-corrected chi connectivity index (χ0v) is 8.93. The third-order valence-corrected chi connectivity index (χ3v) is 2.25. The second kappa shape index (κ2) is 5.35. The van der Waals surface area contributed by atoms with Gasteiger partial charge in [-0.1, -0.05) is 11.8 Å². The summed E-state index contributed by atoms with van der Waals surface area (Å²) in [5.74, 6) is 0.817. The second-order valence-corrected chi connectivity index (χ2v) is 3.78. The van der Waals surface area contributed by atoms with Gasteiger partial charge in [0, 0.05) is 12.2 Å². The van der Waals surface area contributed by atoms with Gasteiger partial charge in [-0.3, -0.25) is 15.2 Å². The molecular weight excluding hydrogens is 218 g/mol. The molecule has 0 aliphatic carbocycles. The fourth-order valence-corrected chi connectivity index (χ4v) is 1.60. The van der Waals surface area contributed by atoms with Crippen molar-refractivity contribution >= 4 is 23.7 Å². The predicted octanol–water partition coefficient (Wildman–Crippen LogP) is -0.210. The summed E-state index contributed by atoms with van der Waals surface area (Å²) in [6.07, 6.45) is 0.196. The average Bonchev–Trinajstić information content (AvgIpc) is 2.50. The molecule has 15 heavy (non-hydrogen) atoms. The number of carbonyl (C=O) groups excluding carboxylic acids is 2. The van der Waals surface area contributed by atoms with E-state index in [-0.39, 0.29) is 6.42 Å². The molecule has 3 amide bonds. The highest BCUT2D eigenvalue weighted by Crippen LogP contribution is 2.12. The molecule has 1 aromatic heterocycles. The molecule has 0 bridgehead atoms. The monoisotopic (exact) mass is 229 g/mol. The molecule has 0 spiro atoms. The van der Waals surface area contributed by atoms with Crippen LogP contribution in [0.2, 0.25) is 0 Å². The van der Waals surface area contributed by atoms with Crippen LogP contribution in [0.4, 0.5) is 4.79 Å². The van der Waals surface area contributed by atoms with E-state index in [9.17, 15) is 9.59 Å². The van der Waals surface area contributed by atoms with E-state index in [1.165, 1.54) is 11.8 Å². The summed E-state index contributed by atoms with van der Waals surface area (Å²) in [5, 5.41) is 9.11. The molecule has 7 nitrogen and oxygen atoms in total. The van der Waals surface area contributed by atoms with E-state index in [2.05, 4.69) is 15.2 Å². The van der Waals surface area contributed by atoms with Gasteiger partial charge >= 0.3 is 6.03 Å². The van der Waals surface area contributed by atoms with Crippen LogP contribution in [-0.2, 0) is 4.79 Å². The number of urea groups is 1. The van der Waals surface area contributed by atoms with E-state index in [1.54, 1.807) is 6.92 Å². The number of carbonyl (C=O) groups is 2. The Morgan fingerprint density at radius 3 is 2.87 bits per heavy atom. The minimum atomic E-state index is -0.835. The molecule has 0 fully saturated rings. The fraction of sp³-hybridized carbons (Fsp3) is 0.429. The summed E-state index contributed by atoms with van der Waals surface area (Å²) < 4.78 is 0. The molecule has 1 aromatic rings. The number of thioether (sulfide) groups is 1. The largest absolute Gasteiger partial charge is 0.351 e. The number of imide groups is 1. The van der Waals surface area contributed by atoms with Crippen LogP contribution < -0.4 is 11.1 Å². The van der Waals surface area contributed by atoms with E-state index in [0.29, 0.717) is 10.9 Å². The molecule has 0 unspecified atom stereocenters. The molecular formula is C7H11N5O2S. The van der Waals surface area contributed by atoms with Gasteiger partial charge in [0.2, 0.25) is 11.1 Å². The lowest BCUT2D eigenvalue weighted by atomic mass is 10.4.